The van der Waals surface area contributed by atoms with Crippen LogP contribution < -0.4 is 20.7 Å². The van der Waals surface area contributed by atoms with Crippen molar-refractivity contribution in [1.29, 1.82) is 0 Å². The van der Waals surface area contributed by atoms with Crippen LogP contribution >= 0.6 is 15.9 Å². The molecule has 4 aliphatic heterocycles. The van der Waals surface area contributed by atoms with Gasteiger partial charge < -0.3 is 25.4 Å². The van der Waals surface area contributed by atoms with Crippen LogP contribution in [0.15, 0.2) is 16.6 Å². The van der Waals surface area contributed by atoms with Crippen molar-refractivity contribution in [3.05, 3.63) is 56.2 Å². The number of hydrogen-bond acceptors (Lipinski definition) is 9. The summed E-state index contributed by atoms with van der Waals surface area (Å²) in [6.45, 7) is 2.35. The van der Waals surface area contributed by atoms with Gasteiger partial charge in [0.05, 0.1) is 51.9 Å². The highest BCUT2D eigenvalue weighted by Gasteiger charge is 2.49. The number of rotatable bonds is 6. The molecule has 0 unspecified atom stereocenters. The van der Waals surface area contributed by atoms with E-state index in [1.807, 2.05) is 4.90 Å². The number of benzene rings is 1. The van der Waals surface area contributed by atoms with Gasteiger partial charge in [0, 0.05) is 50.7 Å². The van der Waals surface area contributed by atoms with Gasteiger partial charge in [-0.2, -0.15) is 28.2 Å². The number of aryl methyl sites for hydroxylation is 1. The molecule has 0 spiro atoms. The Bertz CT molecular complexity index is 1760. The number of carbonyl (C=O) groups is 1. The normalized spacial score (nSPS) is 24.2. The Kier molecular flexibility index (Phi) is 8.51. The number of nitrogen functional groups attached to an aromatic ring is 1. The quantitative estimate of drug-likeness (QED) is 0.273. The molecule has 2 saturated heterocycles. The van der Waals surface area contributed by atoms with Gasteiger partial charge >= 0.3 is 12.2 Å². The molecule has 17 heteroatoms. The minimum Gasteiger partial charge on any atom is -0.461 e. The van der Waals surface area contributed by atoms with Crippen LogP contribution in [0.5, 0.6) is 6.01 Å². The summed E-state index contributed by atoms with van der Waals surface area (Å²) >= 11 is 3.54. The van der Waals surface area contributed by atoms with Crippen molar-refractivity contribution >= 4 is 33.3 Å². The first-order valence-electron chi connectivity index (χ1n) is 15.8. The van der Waals surface area contributed by atoms with Crippen LogP contribution in [0.4, 0.5) is 33.5 Å². The summed E-state index contributed by atoms with van der Waals surface area (Å²) in [6.07, 6.45) is -4.74. The Morgan fingerprint density at radius 2 is 2.04 bits per heavy atom. The second-order valence-electron chi connectivity index (χ2n) is 12.7. The lowest BCUT2D eigenvalue weighted by Gasteiger charge is -2.33. The van der Waals surface area contributed by atoms with Crippen molar-refractivity contribution in [2.45, 2.75) is 75.8 Å². The average Bonchev–Trinajstić information content (AvgIpc) is 3.62. The van der Waals surface area contributed by atoms with Crippen molar-refractivity contribution in [1.82, 2.24) is 30.0 Å². The average molecular weight is 742 g/mol. The van der Waals surface area contributed by atoms with Crippen LogP contribution in [-0.2, 0) is 37.0 Å². The van der Waals surface area contributed by atoms with E-state index in [2.05, 4.69) is 36.2 Å². The molecule has 4 aliphatic rings. The maximum Gasteiger partial charge on any atom is 0.416 e. The summed E-state index contributed by atoms with van der Waals surface area (Å²) in [4.78, 5) is 26.0. The summed E-state index contributed by atoms with van der Waals surface area (Å²) < 4.78 is 86.4. The summed E-state index contributed by atoms with van der Waals surface area (Å²) in [5.74, 6) is -1.10. The third-order valence-electron chi connectivity index (χ3n) is 9.80. The Morgan fingerprint density at radius 1 is 1.23 bits per heavy atom. The van der Waals surface area contributed by atoms with Crippen molar-refractivity contribution in [3.8, 4) is 6.01 Å². The number of ether oxygens (including phenoxy) is 2. The Hall–Kier alpha value is -3.57. The number of hydrogen-bond donors (Lipinski definition) is 2. The first-order chi connectivity index (χ1) is 22.9. The van der Waals surface area contributed by atoms with Crippen molar-refractivity contribution in [2.75, 3.05) is 43.9 Å². The highest BCUT2D eigenvalue weighted by Crippen LogP contribution is 2.44. The fourth-order valence-electron chi connectivity index (χ4n) is 7.49. The first kappa shape index (κ1) is 33.0. The molecule has 7 rings (SSSR count). The smallest absolute Gasteiger partial charge is 0.416 e. The largest absolute Gasteiger partial charge is 0.461 e. The van der Waals surface area contributed by atoms with Crippen molar-refractivity contribution in [2.24, 2.45) is 0 Å². The molecule has 2 aromatic heterocycles. The molecule has 3 N–H and O–H groups in total. The van der Waals surface area contributed by atoms with Crippen LogP contribution in [0.1, 0.15) is 70.4 Å². The topological polar surface area (TPSA) is 124 Å². The molecule has 0 saturated carbocycles. The Morgan fingerprint density at radius 3 is 2.81 bits per heavy atom. The lowest BCUT2D eigenvalue weighted by Crippen LogP contribution is -2.43. The van der Waals surface area contributed by atoms with Gasteiger partial charge in [0.15, 0.2) is 11.5 Å². The van der Waals surface area contributed by atoms with E-state index in [-0.39, 0.29) is 43.8 Å². The second-order valence-corrected chi connectivity index (χ2v) is 13.5. The highest BCUT2D eigenvalue weighted by molar-refractivity contribution is 9.10. The molecule has 1 amide bonds. The van der Waals surface area contributed by atoms with Gasteiger partial charge in [-0.1, -0.05) is 0 Å². The van der Waals surface area contributed by atoms with E-state index in [1.165, 1.54) is 7.05 Å². The van der Waals surface area contributed by atoms with E-state index in [1.54, 1.807) is 4.68 Å². The van der Waals surface area contributed by atoms with Gasteiger partial charge in [0.25, 0.3) is 5.91 Å². The number of nitrogens with zero attached hydrogens (tertiary/aromatic N) is 6. The van der Waals surface area contributed by atoms with Gasteiger partial charge in [-0.05, 0) is 53.9 Å². The molecule has 1 aromatic carbocycles. The number of anilines is 2. The maximum atomic E-state index is 15.3. The van der Waals surface area contributed by atoms with Crippen molar-refractivity contribution < 1.29 is 36.2 Å². The van der Waals surface area contributed by atoms with Crippen LogP contribution in [0.3, 0.4) is 0 Å². The monoisotopic (exact) mass is 740 g/mol. The summed E-state index contributed by atoms with van der Waals surface area (Å²) in [5, 5.41) is 7.07. The number of aromatic nitrogens is 4. The van der Waals surface area contributed by atoms with E-state index < -0.39 is 46.6 Å². The predicted molar refractivity (Wildman–Crippen MR) is 167 cm³/mol. The molecule has 2 fully saturated rings. The van der Waals surface area contributed by atoms with Crippen LogP contribution in [0.25, 0.3) is 0 Å². The second kappa shape index (κ2) is 12.4. The van der Waals surface area contributed by atoms with Crippen LogP contribution in [0.2, 0.25) is 0 Å². The number of amides is 1. The lowest BCUT2D eigenvalue weighted by molar-refractivity contribution is -0.140. The van der Waals surface area contributed by atoms with E-state index >= 15 is 4.39 Å². The van der Waals surface area contributed by atoms with E-state index in [0.717, 1.165) is 37.2 Å². The molecule has 11 nitrogen and oxygen atoms in total. The molecule has 6 heterocycles. The molecule has 258 valence electrons. The molecule has 0 radical (unpaired) electrons. The number of alkyl halides is 4. The van der Waals surface area contributed by atoms with Gasteiger partial charge in [0.2, 0.25) is 0 Å². The van der Waals surface area contributed by atoms with Gasteiger partial charge in [-0.25, -0.2) is 8.78 Å². The Labute approximate surface area is 281 Å². The highest BCUT2D eigenvalue weighted by atomic mass is 79.9. The summed E-state index contributed by atoms with van der Waals surface area (Å²) in [5.41, 5.74) is 4.78. The maximum absolute atomic E-state index is 15.3. The minimum atomic E-state index is -4.85. The zero-order valence-corrected chi connectivity index (χ0v) is 27.6. The van der Waals surface area contributed by atoms with E-state index in [4.69, 9.17) is 20.2 Å². The zero-order chi connectivity index (χ0) is 34.0. The first-order valence-corrected chi connectivity index (χ1v) is 16.6. The van der Waals surface area contributed by atoms with Gasteiger partial charge in [-0.3, -0.25) is 14.4 Å². The zero-order valence-electron chi connectivity index (χ0n) is 26.0. The Balaban J connectivity index is 1.27. The SMILES string of the molecule is CNC(=O)c1nn2c(c1Br)CN(c1nc(OC[C@@]34CCCN3C[C@H](F)C4)nc3c1CO[C@H](c1c(C(F)(F)F)ccc(N)c1F)C3)CCC2. The molecular weight excluding hydrogens is 707 g/mol. The van der Waals surface area contributed by atoms with Gasteiger partial charge in [0.1, 0.15) is 18.6 Å². The standard InChI is InChI=1S/C31H34BrF5N8O3/c1-39-28(46)26-24(32)21-13-43(7-3-9-45(21)42-26)27-17-14-47-22(23-18(31(35,36)37)4-5-19(38)25(23)34)10-20(17)40-29(41-27)48-15-30-6-2-8-44(30)12-16(33)11-30/h4-5,16,22H,2-3,6-15,38H2,1H3,(H,39,46)/t16-,22+,30+/m1/s1. The number of nitrogens with two attached hydrogens (primary N) is 1. The molecule has 48 heavy (non-hydrogen) atoms. The predicted octanol–water partition coefficient (Wildman–Crippen LogP) is 4.71. The van der Waals surface area contributed by atoms with E-state index in [9.17, 15) is 22.4 Å². The number of fused-ring (bicyclic) bond motifs is 3. The number of halogens is 6. The fourth-order valence-corrected chi connectivity index (χ4v) is 8.08. The third-order valence-corrected chi connectivity index (χ3v) is 10.6. The molecular formula is C31H34BrF5N8O3. The lowest BCUT2D eigenvalue weighted by atomic mass is 9.94. The molecule has 3 atom stereocenters. The summed E-state index contributed by atoms with van der Waals surface area (Å²) in [7, 11) is 1.52. The number of carbonyl (C=O) groups excluding carboxylic acids is 1. The molecule has 0 bridgehead atoms. The van der Waals surface area contributed by atoms with E-state index in [0.29, 0.717) is 54.0 Å². The van der Waals surface area contributed by atoms with Crippen molar-refractivity contribution in [3.63, 3.8) is 0 Å². The van der Waals surface area contributed by atoms with Crippen LogP contribution in [0, 0.1) is 5.82 Å². The molecule has 0 aliphatic carbocycles. The molecule has 3 aromatic rings. The number of nitrogens with one attached hydrogen (secondary N) is 1. The summed E-state index contributed by atoms with van der Waals surface area (Å²) in [6, 6.07) is 1.63. The third kappa shape index (κ3) is 5.76. The minimum absolute atomic E-state index is 0.0140. The fraction of sp³-hybridized carbons (Fsp3) is 0.548. The van der Waals surface area contributed by atoms with Crippen LogP contribution in [-0.4, -0.2) is 75.6 Å². The van der Waals surface area contributed by atoms with Gasteiger partial charge in [-0.15, -0.1) is 0 Å².